The molecule has 1 heterocycles. The first-order valence-corrected chi connectivity index (χ1v) is 3.41. The first kappa shape index (κ1) is 8.07. The smallest absolute Gasteiger partial charge is 0.135 e. The Kier molecular flexibility index (Phi) is 2.14. The molecule has 0 spiro atoms. The van der Waals surface area contributed by atoms with Crippen LogP contribution >= 0.6 is 11.6 Å². The normalized spacial score (nSPS) is 11.2. The molecule has 0 unspecified atom stereocenters. The van der Waals surface area contributed by atoms with Crippen molar-refractivity contribution in [2.45, 2.75) is 6.92 Å². The molecule has 0 aliphatic rings. The Balaban J connectivity index is 3.22. The zero-order chi connectivity index (χ0) is 8.43. The number of aromatic nitrogens is 2. The van der Waals surface area contributed by atoms with Crippen molar-refractivity contribution in [2.24, 2.45) is 12.2 Å². The fourth-order valence-corrected chi connectivity index (χ4v) is 1.07. The maximum Gasteiger partial charge on any atom is 0.135 e. The fourth-order valence-electron chi connectivity index (χ4n) is 0.851. The van der Waals surface area contributed by atoms with Gasteiger partial charge in [-0.1, -0.05) is 16.8 Å². The Bertz CT molecular complexity index is 292. The van der Waals surface area contributed by atoms with Crippen molar-refractivity contribution in [3.05, 3.63) is 16.4 Å². The molecule has 1 N–H and O–H groups in total. The van der Waals surface area contributed by atoms with Gasteiger partial charge in [0.25, 0.3) is 0 Å². The lowest BCUT2D eigenvalue weighted by atomic mass is 10.3. The van der Waals surface area contributed by atoms with Gasteiger partial charge in [0.15, 0.2) is 0 Å². The van der Waals surface area contributed by atoms with Crippen molar-refractivity contribution in [1.82, 2.24) is 9.78 Å². The third kappa shape index (κ3) is 1.35. The molecule has 0 saturated carbocycles. The minimum atomic E-state index is 0.473. The Morgan fingerprint density at radius 1 is 1.73 bits per heavy atom. The number of nitrogens with zero attached hydrogens (tertiary/aromatic N) is 3. The van der Waals surface area contributed by atoms with Gasteiger partial charge in [0.1, 0.15) is 5.15 Å². The minimum absolute atomic E-state index is 0.473. The lowest BCUT2D eigenvalue weighted by Crippen LogP contribution is -1.89. The molecular formula is C6H8ClN3O. The number of hydrogen-bond acceptors (Lipinski definition) is 3. The molecule has 0 fully saturated rings. The molecule has 0 aliphatic heterocycles. The summed E-state index contributed by atoms with van der Waals surface area (Å²) in [6.45, 7) is 1.79. The van der Waals surface area contributed by atoms with Crippen LogP contribution in [0.3, 0.4) is 0 Å². The molecule has 0 aromatic carbocycles. The highest BCUT2D eigenvalue weighted by Gasteiger charge is 2.07. The van der Waals surface area contributed by atoms with Gasteiger partial charge >= 0.3 is 0 Å². The number of hydrogen-bond donors (Lipinski definition) is 1. The molecule has 1 rings (SSSR count). The summed E-state index contributed by atoms with van der Waals surface area (Å²) >= 11 is 5.79. The second kappa shape index (κ2) is 2.92. The molecular weight excluding hydrogens is 166 g/mol. The minimum Gasteiger partial charge on any atom is -0.411 e. The topological polar surface area (TPSA) is 50.4 Å². The number of rotatable bonds is 1. The Morgan fingerprint density at radius 3 is 2.73 bits per heavy atom. The summed E-state index contributed by atoms with van der Waals surface area (Å²) in [4.78, 5) is 0. The van der Waals surface area contributed by atoms with Crippen LogP contribution in [-0.2, 0) is 7.05 Å². The maximum absolute atomic E-state index is 8.25. The molecule has 5 heteroatoms. The summed E-state index contributed by atoms with van der Waals surface area (Å²) in [6.07, 6.45) is 1.27. The first-order valence-electron chi connectivity index (χ1n) is 3.03. The average Bonchev–Trinajstić information content (AvgIpc) is 2.17. The molecule has 11 heavy (non-hydrogen) atoms. The summed E-state index contributed by atoms with van der Waals surface area (Å²) in [5, 5.41) is 15.6. The molecule has 1 aromatic rings. The number of aryl methyl sites for hydroxylation is 2. The van der Waals surface area contributed by atoms with E-state index in [1.165, 1.54) is 10.9 Å². The van der Waals surface area contributed by atoms with E-state index in [1.807, 2.05) is 0 Å². The average molecular weight is 174 g/mol. The zero-order valence-electron chi connectivity index (χ0n) is 6.24. The number of halogens is 1. The predicted molar refractivity (Wildman–Crippen MR) is 42.3 cm³/mol. The summed E-state index contributed by atoms with van der Waals surface area (Å²) in [5.74, 6) is 0. The van der Waals surface area contributed by atoms with Crippen molar-refractivity contribution < 1.29 is 5.21 Å². The van der Waals surface area contributed by atoms with E-state index < -0.39 is 0 Å². The SMILES string of the molecule is Cc1nn(C)c(Cl)c1C=NO. The van der Waals surface area contributed by atoms with Crippen molar-refractivity contribution in [3.8, 4) is 0 Å². The number of oxime groups is 1. The van der Waals surface area contributed by atoms with E-state index in [4.69, 9.17) is 16.8 Å². The Morgan fingerprint density at radius 2 is 2.36 bits per heavy atom. The maximum atomic E-state index is 8.25. The summed E-state index contributed by atoms with van der Waals surface area (Å²) < 4.78 is 1.52. The fraction of sp³-hybridized carbons (Fsp3) is 0.333. The van der Waals surface area contributed by atoms with E-state index >= 15 is 0 Å². The standard InChI is InChI=1S/C6H8ClN3O/c1-4-5(3-8-11)6(7)10(2)9-4/h3,11H,1-2H3. The largest absolute Gasteiger partial charge is 0.411 e. The molecule has 60 valence electrons. The van der Waals surface area contributed by atoms with Crippen LogP contribution in [0.1, 0.15) is 11.3 Å². The van der Waals surface area contributed by atoms with Gasteiger partial charge in [-0.05, 0) is 6.92 Å². The van der Waals surface area contributed by atoms with Crippen LogP contribution in [0.15, 0.2) is 5.16 Å². The molecule has 1 aromatic heterocycles. The van der Waals surface area contributed by atoms with E-state index in [2.05, 4.69) is 10.3 Å². The molecule has 0 amide bonds. The van der Waals surface area contributed by atoms with Gasteiger partial charge in [-0.2, -0.15) is 5.10 Å². The van der Waals surface area contributed by atoms with Gasteiger partial charge < -0.3 is 5.21 Å². The van der Waals surface area contributed by atoms with Crippen molar-refractivity contribution in [3.63, 3.8) is 0 Å². The molecule has 0 saturated heterocycles. The molecule has 0 radical (unpaired) electrons. The van der Waals surface area contributed by atoms with Gasteiger partial charge in [0.2, 0.25) is 0 Å². The van der Waals surface area contributed by atoms with E-state index in [0.29, 0.717) is 10.7 Å². The van der Waals surface area contributed by atoms with Crippen LogP contribution in [0.25, 0.3) is 0 Å². The second-order valence-corrected chi connectivity index (χ2v) is 2.52. The van der Waals surface area contributed by atoms with Gasteiger partial charge in [-0.25, -0.2) is 0 Å². The summed E-state index contributed by atoms with van der Waals surface area (Å²) in [7, 11) is 1.73. The van der Waals surface area contributed by atoms with Crippen LogP contribution in [0.4, 0.5) is 0 Å². The Labute approximate surface area is 69.1 Å². The van der Waals surface area contributed by atoms with Crippen LogP contribution in [0.5, 0.6) is 0 Å². The van der Waals surface area contributed by atoms with E-state index in [1.54, 1.807) is 14.0 Å². The highest BCUT2D eigenvalue weighted by molar-refractivity contribution is 6.32. The third-order valence-electron chi connectivity index (χ3n) is 1.38. The second-order valence-electron chi connectivity index (χ2n) is 2.16. The highest BCUT2D eigenvalue weighted by Crippen LogP contribution is 2.15. The third-order valence-corrected chi connectivity index (χ3v) is 1.83. The zero-order valence-corrected chi connectivity index (χ0v) is 7.00. The van der Waals surface area contributed by atoms with Crippen LogP contribution in [0.2, 0.25) is 5.15 Å². The van der Waals surface area contributed by atoms with Crippen LogP contribution < -0.4 is 0 Å². The van der Waals surface area contributed by atoms with E-state index in [0.717, 1.165) is 5.69 Å². The van der Waals surface area contributed by atoms with E-state index in [-0.39, 0.29) is 0 Å². The molecule has 0 aliphatic carbocycles. The predicted octanol–water partition coefficient (Wildman–Crippen LogP) is 1.19. The molecule has 4 nitrogen and oxygen atoms in total. The van der Waals surface area contributed by atoms with Crippen molar-refractivity contribution in [2.75, 3.05) is 0 Å². The molecule has 0 atom stereocenters. The van der Waals surface area contributed by atoms with Gasteiger partial charge in [-0.3, -0.25) is 4.68 Å². The van der Waals surface area contributed by atoms with E-state index in [9.17, 15) is 0 Å². The monoisotopic (exact) mass is 173 g/mol. The summed E-state index contributed by atoms with van der Waals surface area (Å²) in [5.41, 5.74) is 1.40. The Hall–Kier alpha value is -1.03. The van der Waals surface area contributed by atoms with Gasteiger partial charge in [-0.15, -0.1) is 0 Å². The van der Waals surface area contributed by atoms with Crippen molar-refractivity contribution in [1.29, 1.82) is 0 Å². The van der Waals surface area contributed by atoms with Crippen LogP contribution in [0, 0.1) is 6.92 Å². The molecule has 0 bridgehead atoms. The van der Waals surface area contributed by atoms with Gasteiger partial charge in [0.05, 0.1) is 17.5 Å². The quantitative estimate of drug-likeness (QED) is 0.394. The summed E-state index contributed by atoms with van der Waals surface area (Å²) in [6, 6.07) is 0. The highest BCUT2D eigenvalue weighted by atomic mass is 35.5. The van der Waals surface area contributed by atoms with Crippen LogP contribution in [-0.4, -0.2) is 21.2 Å². The first-order chi connectivity index (χ1) is 5.16. The lowest BCUT2D eigenvalue weighted by molar-refractivity contribution is 0.322. The van der Waals surface area contributed by atoms with Crippen molar-refractivity contribution >= 4 is 17.8 Å². The van der Waals surface area contributed by atoms with Gasteiger partial charge in [0, 0.05) is 7.05 Å². The lowest BCUT2D eigenvalue weighted by Gasteiger charge is -1.88.